The summed E-state index contributed by atoms with van der Waals surface area (Å²) in [6, 6.07) is 18.3. The maximum Gasteiger partial charge on any atom is 0.237 e. The molecule has 2 rings (SSSR count). The van der Waals surface area contributed by atoms with E-state index in [1.165, 1.54) is 0 Å². The lowest BCUT2D eigenvalue weighted by atomic mass is 9.98. The van der Waals surface area contributed by atoms with Crippen molar-refractivity contribution < 1.29 is 9.59 Å². The first-order valence-electron chi connectivity index (χ1n) is 7.52. The number of carbonyl (C=O) groups excluding carboxylic acids is 2. The zero-order chi connectivity index (χ0) is 16.7. The van der Waals surface area contributed by atoms with Gasteiger partial charge in [-0.2, -0.15) is 0 Å². The molecular formula is C18H21N3O2. The molecular weight excluding hydrogens is 290 g/mol. The molecule has 0 spiro atoms. The molecule has 0 radical (unpaired) electrons. The number of nitrogens with one attached hydrogen (secondary N) is 1. The molecule has 1 atom stereocenters. The van der Waals surface area contributed by atoms with E-state index >= 15 is 0 Å². The third-order valence-electron chi connectivity index (χ3n) is 3.59. The standard InChI is InChI=1S/C18H21N3O2/c19-15(11-12-16(20)22)18(23)21-17(13-7-3-1-4-8-13)14-9-5-2-6-10-14/h1-10,15,17H,11-12,19H2,(H2,20,22)(H,21,23)/t15-/m1/s1. The highest BCUT2D eigenvalue weighted by Gasteiger charge is 2.20. The minimum Gasteiger partial charge on any atom is -0.370 e. The van der Waals surface area contributed by atoms with E-state index in [0.29, 0.717) is 0 Å². The summed E-state index contributed by atoms with van der Waals surface area (Å²) in [6.45, 7) is 0. The van der Waals surface area contributed by atoms with Gasteiger partial charge in [0.2, 0.25) is 11.8 Å². The minimum atomic E-state index is -0.766. The van der Waals surface area contributed by atoms with Gasteiger partial charge in [0.05, 0.1) is 12.1 Å². The second kappa shape index (κ2) is 8.10. The van der Waals surface area contributed by atoms with E-state index in [4.69, 9.17) is 11.5 Å². The number of amides is 2. The van der Waals surface area contributed by atoms with Gasteiger partial charge < -0.3 is 16.8 Å². The highest BCUT2D eigenvalue weighted by Crippen LogP contribution is 2.21. The molecule has 5 nitrogen and oxygen atoms in total. The highest BCUT2D eigenvalue weighted by molar-refractivity contribution is 5.83. The smallest absolute Gasteiger partial charge is 0.237 e. The second-order valence-electron chi connectivity index (χ2n) is 5.37. The Hall–Kier alpha value is -2.66. The van der Waals surface area contributed by atoms with E-state index in [0.717, 1.165) is 11.1 Å². The van der Waals surface area contributed by atoms with Crippen molar-refractivity contribution >= 4 is 11.8 Å². The van der Waals surface area contributed by atoms with Gasteiger partial charge in [0.1, 0.15) is 0 Å². The number of hydrogen-bond acceptors (Lipinski definition) is 3. The Bertz CT molecular complexity index is 604. The lowest BCUT2D eigenvalue weighted by Crippen LogP contribution is -2.43. The monoisotopic (exact) mass is 311 g/mol. The first-order chi connectivity index (χ1) is 11.1. The number of nitrogens with two attached hydrogens (primary N) is 2. The van der Waals surface area contributed by atoms with Gasteiger partial charge in [-0.05, 0) is 17.5 Å². The Morgan fingerprint density at radius 1 is 0.913 bits per heavy atom. The minimum absolute atomic E-state index is 0.0932. The van der Waals surface area contributed by atoms with E-state index in [-0.39, 0.29) is 24.8 Å². The van der Waals surface area contributed by atoms with Crippen molar-refractivity contribution in [1.29, 1.82) is 0 Å². The van der Waals surface area contributed by atoms with Gasteiger partial charge in [-0.3, -0.25) is 9.59 Å². The Kier molecular flexibility index (Phi) is 5.88. The average Bonchev–Trinajstić information content (AvgIpc) is 2.58. The van der Waals surface area contributed by atoms with Crippen LogP contribution in [0.4, 0.5) is 0 Å². The molecule has 0 fully saturated rings. The molecule has 0 saturated carbocycles. The molecule has 0 saturated heterocycles. The zero-order valence-corrected chi connectivity index (χ0v) is 12.8. The van der Waals surface area contributed by atoms with Crippen LogP contribution in [0.5, 0.6) is 0 Å². The first kappa shape index (κ1) is 16.7. The fourth-order valence-corrected chi connectivity index (χ4v) is 2.33. The van der Waals surface area contributed by atoms with Gasteiger partial charge in [-0.25, -0.2) is 0 Å². The molecule has 2 amide bonds. The van der Waals surface area contributed by atoms with E-state index in [9.17, 15) is 9.59 Å². The van der Waals surface area contributed by atoms with E-state index < -0.39 is 11.9 Å². The fourth-order valence-electron chi connectivity index (χ4n) is 2.33. The summed E-state index contributed by atoms with van der Waals surface area (Å²) in [5, 5.41) is 2.96. The average molecular weight is 311 g/mol. The van der Waals surface area contributed by atoms with Crippen molar-refractivity contribution in [2.75, 3.05) is 0 Å². The van der Waals surface area contributed by atoms with Crippen LogP contribution < -0.4 is 16.8 Å². The van der Waals surface area contributed by atoms with Crippen LogP contribution in [0.3, 0.4) is 0 Å². The van der Waals surface area contributed by atoms with Gasteiger partial charge in [0.15, 0.2) is 0 Å². The van der Waals surface area contributed by atoms with E-state index in [2.05, 4.69) is 5.32 Å². The maximum atomic E-state index is 12.3. The fraction of sp³-hybridized carbons (Fsp3) is 0.222. The van der Waals surface area contributed by atoms with Gasteiger partial charge in [-0.15, -0.1) is 0 Å². The molecule has 120 valence electrons. The lowest BCUT2D eigenvalue weighted by Gasteiger charge is -2.22. The molecule has 0 bridgehead atoms. The maximum absolute atomic E-state index is 12.3. The van der Waals surface area contributed by atoms with Crippen LogP contribution in [-0.4, -0.2) is 17.9 Å². The summed E-state index contributed by atoms with van der Waals surface area (Å²) >= 11 is 0. The van der Waals surface area contributed by atoms with Crippen LogP contribution in [0, 0.1) is 0 Å². The largest absolute Gasteiger partial charge is 0.370 e. The van der Waals surface area contributed by atoms with Gasteiger partial charge >= 0.3 is 0 Å². The normalized spacial score (nSPS) is 11.9. The van der Waals surface area contributed by atoms with Gasteiger partial charge in [-0.1, -0.05) is 60.7 Å². The zero-order valence-electron chi connectivity index (χ0n) is 12.8. The molecule has 5 heteroatoms. The molecule has 0 aliphatic rings. The number of primary amides is 1. The molecule has 23 heavy (non-hydrogen) atoms. The number of benzene rings is 2. The predicted octanol–water partition coefficient (Wildman–Crippen LogP) is 1.49. The molecule has 2 aromatic rings. The van der Waals surface area contributed by atoms with Crippen LogP contribution in [0.15, 0.2) is 60.7 Å². The predicted molar refractivity (Wildman–Crippen MR) is 89.3 cm³/mol. The van der Waals surface area contributed by atoms with Crippen LogP contribution in [0.25, 0.3) is 0 Å². The van der Waals surface area contributed by atoms with Gasteiger partial charge in [0, 0.05) is 6.42 Å². The van der Waals surface area contributed by atoms with Crippen LogP contribution in [0.1, 0.15) is 30.0 Å². The van der Waals surface area contributed by atoms with Crippen LogP contribution >= 0.6 is 0 Å². The summed E-state index contributed by atoms with van der Waals surface area (Å²) in [5.41, 5.74) is 12.9. The van der Waals surface area contributed by atoms with Crippen molar-refractivity contribution in [3.8, 4) is 0 Å². The summed E-state index contributed by atoms with van der Waals surface area (Å²) in [5.74, 6) is -0.764. The highest BCUT2D eigenvalue weighted by atomic mass is 16.2. The van der Waals surface area contributed by atoms with Crippen LogP contribution in [-0.2, 0) is 9.59 Å². The summed E-state index contributed by atoms with van der Waals surface area (Å²) in [4.78, 5) is 23.2. The molecule has 0 aliphatic carbocycles. The third-order valence-corrected chi connectivity index (χ3v) is 3.59. The number of rotatable bonds is 7. The van der Waals surface area contributed by atoms with Crippen molar-refractivity contribution in [2.24, 2.45) is 11.5 Å². The topological polar surface area (TPSA) is 98.2 Å². The van der Waals surface area contributed by atoms with E-state index in [1.54, 1.807) is 0 Å². The molecule has 0 heterocycles. The van der Waals surface area contributed by atoms with Gasteiger partial charge in [0.25, 0.3) is 0 Å². The Labute approximate surface area is 135 Å². The first-order valence-corrected chi connectivity index (χ1v) is 7.52. The Morgan fingerprint density at radius 2 is 1.39 bits per heavy atom. The van der Waals surface area contributed by atoms with Crippen LogP contribution in [0.2, 0.25) is 0 Å². The summed E-state index contributed by atoms with van der Waals surface area (Å²) in [6.07, 6.45) is 0.327. The van der Waals surface area contributed by atoms with Crippen molar-refractivity contribution in [2.45, 2.75) is 24.9 Å². The summed E-state index contributed by atoms with van der Waals surface area (Å²) < 4.78 is 0. The molecule has 2 aromatic carbocycles. The quantitative estimate of drug-likeness (QED) is 0.722. The lowest BCUT2D eigenvalue weighted by molar-refractivity contribution is -0.123. The van der Waals surface area contributed by atoms with E-state index in [1.807, 2.05) is 60.7 Å². The molecule has 0 unspecified atom stereocenters. The SMILES string of the molecule is NC(=O)CC[C@@H](N)C(=O)NC(c1ccccc1)c1ccccc1. The Morgan fingerprint density at radius 3 is 1.83 bits per heavy atom. The van der Waals surface area contributed by atoms with Crippen molar-refractivity contribution in [3.63, 3.8) is 0 Å². The summed E-state index contributed by atoms with van der Waals surface area (Å²) in [7, 11) is 0. The van der Waals surface area contributed by atoms with Crippen molar-refractivity contribution in [3.05, 3.63) is 71.8 Å². The Balaban J connectivity index is 2.15. The second-order valence-corrected chi connectivity index (χ2v) is 5.37. The third kappa shape index (κ3) is 4.93. The number of hydrogen-bond donors (Lipinski definition) is 3. The molecule has 0 aliphatic heterocycles. The van der Waals surface area contributed by atoms with Crippen molar-refractivity contribution in [1.82, 2.24) is 5.32 Å². The molecule has 0 aromatic heterocycles. The number of carbonyl (C=O) groups is 2. The molecule has 5 N–H and O–H groups in total.